The Labute approximate surface area is 176 Å². The number of benzene rings is 2. The van der Waals surface area contributed by atoms with Crippen molar-refractivity contribution in [1.29, 1.82) is 0 Å². The Bertz CT molecular complexity index is 1070. The van der Waals surface area contributed by atoms with Gasteiger partial charge < -0.3 is 5.11 Å². The van der Waals surface area contributed by atoms with Crippen LogP contribution in [0.25, 0.3) is 5.57 Å². The maximum absolute atomic E-state index is 13.1. The van der Waals surface area contributed by atoms with E-state index in [4.69, 9.17) is 12.2 Å². The standard InChI is InChI=1S/C21H16N2O4S2/c24-16(25)12-23-15-9-5-4-8-14(15)17(19(23)26)18-20(27)22(21(28)29-18)11-10-13-6-2-1-3-7-13/h1-9H,10-12H2,(H,24,25). The number of hydrogen-bond donors (Lipinski definition) is 1. The first kappa shape index (κ1) is 19.4. The Morgan fingerprint density at radius 1 is 0.966 bits per heavy atom. The number of carbonyl (C=O) groups is 3. The van der Waals surface area contributed by atoms with Crippen LogP contribution < -0.4 is 4.90 Å². The molecule has 2 amide bonds. The van der Waals surface area contributed by atoms with Crippen LogP contribution in [-0.2, 0) is 20.8 Å². The summed E-state index contributed by atoms with van der Waals surface area (Å²) in [5.41, 5.74) is 2.36. The number of amides is 2. The predicted octanol–water partition coefficient (Wildman–Crippen LogP) is 2.93. The molecule has 2 aromatic rings. The van der Waals surface area contributed by atoms with Crippen LogP contribution in [0, 0.1) is 0 Å². The molecular formula is C21H16N2O4S2. The van der Waals surface area contributed by atoms with Gasteiger partial charge in [0.25, 0.3) is 11.8 Å². The molecule has 0 aromatic heterocycles. The average molecular weight is 425 g/mol. The maximum atomic E-state index is 13.1. The lowest BCUT2D eigenvalue weighted by molar-refractivity contribution is -0.136. The number of thioether (sulfide) groups is 1. The van der Waals surface area contributed by atoms with Crippen LogP contribution >= 0.6 is 24.0 Å². The topological polar surface area (TPSA) is 77.9 Å². The van der Waals surface area contributed by atoms with E-state index in [1.807, 2.05) is 30.3 Å². The predicted molar refractivity (Wildman–Crippen MR) is 115 cm³/mol. The Morgan fingerprint density at radius 2 is 1.66 bits per heavy atom. The Balaban J connectivity index is 1.66. The molecule has 0 unspecified atom stereocenters. The molecule has 2 aliphatic heterocycles. The first-order chi connectivity index (χ1) is 14.0. The highest BCUT2D eigenvalue weighted by molar-refractivity contribution is 8.26. The number of carbonyl (C=O) groups excluding carboxylic acids is 2. The summed E-state index contributed by atoms with van der Waals surface area (Å²) in [6, 6.07) is 16.7. The van der Waals surface area contributed by atoms with Gasteiger partial charge in [-0.15, -0.1) is 0 Å². The highest BCUT2D eigenvalue weighted by atomic mass is 32.2. The van der Waals surface area contributed by atoms with E-state index >= 15 is 0 Å². The third-order valence-electron chi connectivity index (χ3n) is 4.76. The normalized spacial score (nSPS) is 18.6. The summed E-state index contributed by atoms with van der Waals surface area (Å²) in [6.45, 7) is -0.0478. The van der Waals surface area contributed by atoms with Crippen molar-refractivity contribution in [2.75, 3.05) is 18.0 Å². The van der Waals surface area contributed by atoms with Gasteiger partial charge in [-0.25, -0.2) is 0 Å². The molecule has 1 saturated heterocycles. The quantitative estimate of drug-likeness (QED) is 0.587. The zero-order valence-electron chi connectivity index (χ0n) is 15.2. The summed E-state index contributed by atoms with van der Waals surface area (Å²) in [7, 11) is 0. The molecule has 1 fully saturated rings. The van der Waals surface area contributed by atoms with Crippen molar-refractivity contribution in [3.05, 3.63) is 70.6 Å². The summed E-state index contributed by atoms with van der Waals surface area (Å²) >= 11 is 6.49. The number of nitrogens with zero attached hydrogens (tertiary/aromatic N) is 2. The second kappa shape index (κ2) is 7.81. The lowest BCUT2D eigenvalue weighted by Gasteiger charge is -2.14. The number of para-hydroxylation sites is 1. The Hall–Kier alpha value is -2.97. The molecule has 2 heterocycles. The molecule has 0 aliphatic carbocycles. The van der Waals surface area contributed by atoms with E-state index in [2.05, 4.69) is 0 Å². The van der Waals surface area contributed by atoms with Crippen LogP contribution in [0.2, 0.25) is 0 Å². The van der Waals surface area contributed by atoms with Gasteiger partial charge in [0, 0.05) is 12.1 Å². The minimum atomic E-state index is -1.12. The average Bonchev–Trinajstić information content (AvgIpc) is 3.14. The first-order valence-electron chi connectivity index (χ1n) is 8.92. The minimum absolute atomic E-state index is 0.224. The highest BCUT2D eigenvalue weighted by Gasteiger charge is 2.42. The van der Waals surface area contributed by atoms with Gasteiger partial charge in [0.05, 0.1) is 16.2 Å². The van der Waals surface area contributed by atoms with E-state index < -0.39 is 18.4 Å². The number of anilines is 1. The monoisotopic (exact) mass is 424 g/mol. The molecule has 29 heavy (non-hydrogen) atoms. The first-order valence-corrected chi connectivity index (χ1v) is 10.1. The number of rotatable bonds is 5. The molecule has 2 aliphatic rings. The summed E-state index contributed by atoms with van der Waals surface area (Å²) < 4.78 is 0.399. The van der Waals surface area contributed by atoms with Crippen LogP contribution in [0.15, 0.2) is 59.5 Å². The van der Waals surface area contributed by atoms with E-state index in [1.54, 1.807) is 24.3 Å². The molecule has 2 aromatic carbocycles. The molecule has 8 heteroatoms. The number of carboxylic acid groups (broad SMARTS) is 1. The van der Waals surface area contributed by atoms with E-state index in [0.29, 0.717) is 28.5 Å². The third-order valence-corrected chi connectivity index (χ3v) is 6.21. The number of carboxylic acids is 1. The fourth-order valence-electron chi connectivity index (χ4n) is 3.42. The number of thiocarbonyl (C=S) groups is 1. The van der Waals surface area contributed by atoms with Gasteiger partial charge in [0.15, 0.2) is 0 Å². The van der Waals surface area contributed by atoms with E-state index in [0.717, 1.165) is 17.3 Å². The zero-order chi connectivity index (χ0) is 20.5. The molecule has 146 valence electrons. The van der Waals surface area contributed by atoms with Crippen LogP contribution in [0.3, 0.4) is 0 Å². The van der Waals surface area contributed by atoms with Gasteiger partial charge in [-0.05, 0) is 18.1 Å². The molecule has 4 rings (SSSR count). The summed E-state index contributed by atoms with van der Waals surface area (Å²) in [5.74, 6) is -1.92. The molecule has 0 bridgehead atoms. The zero-order valence-corrected chi connectivity index (χ0v) is 16.8. The van der Waals surface area contributed by atoms with Crippen molar-refractivity contribution >= 4 is 57.3 Å². The van der Waals surface area contributed by atoms with Crippen LogP contribution in [0.1, 0.15) is 11.1 Å². The van der Waals surface area contributed by atoms with Crippen LogP contribution in [0.4, 0.5) is 5.69 Å². The van der Waals surface area contributed by atoms with E-state index in [1.165, 1.54) is 9.80 Å². The molecular weight excluding hydrogens is 408 g/mol. The van der Waals surface area contributed by atoms with Crippen LogP contribution in [-0.4, -0.2) is 45.2 Å². The second-order valence-corrected chi connectivity index (χ2v) is 8.21. The lowest BCUT2D eigenvalue weighted by Crippen LogP contribution is -2.33. The van der Waals surface area contributed by atoms with Crippen LogP contribution in [0.5, 0.6) is 0 Å². The maximum Gasteiger partial charge on any atom is 0.323 e. The van der Waals surface area contributed by atoms with Crippen molar-refractivity contribution in [3.63, 3.8) is 0 Å². The van der Waals surface area contributed by atoms with Gasteiger partial charge in [0.1, 0.15) is 10.9 Å². The second-order valence-electron chi connectivity index (χ2n) is 6.57. The minimum Gasteiger partial charge on any atom is -0.480 e. The molecule has 6 nitrogen and oxygen atoms in total. The van der Waals surface area contributed by atoms with Gasteiger partial charge in [-0.3, -0.25) is 24.2 Å². The fourth-order valence-corrected chi connectivity index (χ4v) is 4.80. The van der Waals surface area contributed by atoms with E-state index in [-0.39, 0.29) is 16.4 Å². The summed E-state index contributed by atoms with van der Waals surface area (Å²) in [5, 5.41) is 9.17. The van der Waals surface area contributed by atoms with Crippen molar-refractivity contribution in [2.24, 2.45) is 0 Å². The van der Waals surface area contributed by atoms with Gasteiger partial charge in [-0.1, -0.05) is 72.5 Å². The van der Waals surface area contributed by atoms with Crippen molar-refractivity contribution in [3.8, 4) is 0 Å². The Kier molecular flexibility index (Phi) is 5.21. The fraction of sp³-hybridized carbons (Fsp3) is 0.143. The molecule has 0 radical (unpaired) electrons. The van der Waals surface area contributed by atoms with Gasteiger partial charge >= 0.3 is 5.97 Å². The third kappa shape index (κ3) is 3.56. The number of aliphatic carboxylic acids is 1. The summed E-state index contributed by atoms with van der Waals surface area (Å²) in [4.78, 5) is 40.2. The summed E-state index contributed by atoms with van der Waals surface area (Å²) in [6.07, 6.45) is 0.644. The molecule has 1 N–H and O–H groups in total. The molecule has 0 spiro atoms. The van der Waals surface area contributed by atoms with E-state index in [9.17, 15) is 19.5 Å². The largest absolute Gasteiger partial charge is 0.480 e. The van der Waals surface area contributed by atoms with Crippen molar-refractivity contribution in [2.45, 2.75) is 6.42 Å². The molecule has 0 atom stereocenters. The van der Waals surface area contributed by atoms with Gasteiger partial charge in [0.2, 0.25) is 0 Å². The lowest BCUT2D eigenvalue weighted by atomic mass is 10.1. The smallest absolute Gasteiger partial charge is 0.323 e. The number of hydrogen-bond acceptors (Lipinski definition) is 5. The SMILES string of the molecule is O=C(O)CN1C(=O)C(=C2SC(=S)N(CCc3ccccc3)C2=O)c2ccccc21. The van der Waals surface area contributed by atoms with Crippen molar-refractivity contribution < 1.29 is 19.5 Å². The van der Waals surface area contributed by atoms with Gasteiger partial charge in [-0.2, -0.15) is 0 Å². The Morgan fingerprint density at radius 3 is 2.38 bits per heavy atom. The van der Waals surface area contributed by atoms with Crippen molar-refractivity contribution in [1.82, 2.24) is 4.90 Å². The molecule has 0 saturated carbocycles. The number of fused-ring (bicyclic) bond motifs is 1. The highest BCUT2D eigenvalue weighted by Crippen LogP contribution is 2.44.